The number of hydrogen-bond donors (Lipinski definition) is 3. The zero-order chi connectivity index (χ0) is 58.1. The van der Waals surface area contributed by atoms with Gasteiger partial charge >= 0.3 is 6.09 Å². The highest BCUT2D eigenvalue weighted by Crippen LogP contribution is 2.52. The first kappa shape index (κ1) is 59.9. The van der Waals surface area contributed by atoms with E-state index in [4.69, 9.17) is 25.5 Å². The van der Waals surface area contributed by atoms with Crippen molar-refractivity contribution in [1.29, 1.82) is 15.8 Å². The van der Waals surface area contributed by atoms with Crippen LogP contribution in [0, 0.1) is 60.2 Å². The number of aryl methyl sites for hydroxylation is 3. The smallest absolute Gasteiger partial charge is 0.411 e. The molecule has 0 bridgehead atoms. The molecule has 0 aliphatic heterocycles. The molecule has 3 N–H and O–H groups in total. The van der Waals surface area contributed by atoms with Gasteiger partial charge in [-0.25, -0.2) is 9.79 Å². The number of Topliss-reactive ketones (excluding diaryl/α,β-unsaturated/α-hetero) is 1. The molecule has 16 nitrogen and oxygen atoms in total. The average Bonchev–Trinajstić information content (AvgIpc) is 3.81. The molecule has 2 aliphatic carbocycles. The minimum absolute atomic E-state index is 0.0555. The summed E-state index contributed by atoms with van der Waals surface area (Å²) in [6, 6.07) is 40.2. The van der Waals surface area contributed by atoms with E-state index in [2.05, 4.69) is 88.3 Å². The molecular formula is C63H65N11O5S. The molecule has 1 heterocycles. The molecule has 0 radical (unpaired) electrons. The van der Waals surface area contributed by atoms with Crippen LogP contribution in [0.4, 0.5) is 38.2 Å². The first-order chi connectivity index (χ1) is 38.3. The van der Waals surface area contributed by atoms with Crippen LogP contribution >= 0.6 is 11.5 Å². The number of amides is 3. The van der Waals surface area contributed by atoms with E-state index in [0.717, 1.165) is 71.1 Å². The van der Waals surface area contributed by atoms with Crippen LogP contribution in [-0.4, -0.2) is 60.5 Å². The van der Waals surface area contributed by atoms with Gasteiger partial charge in [-0.3, -0.25) is 19.7 Å². The number of nitrogens with zero attached hydrogens (tertiary/aromatic N) is 8. The number of nitrogens with one attached hydrogen (secondary N) is 3. The van der Waals surface area contributed by atoms with Crippen molar-refractivity contribution in [2.45, 2.75) is 87.0 Å². The van der Waals surface area contributed by atoms with E-state index in [1.807, 2.05) is 105 Å². The lowest BCUT2D eigenvalue weighted by Gasteiger charge is -2.43. The van der Waals surface area contributed by atoms with Gasteiger partial charge in [0, 0.05) is 49.6 Å². The minimum Gasteiger partial charge on any atom is -0.449 e. The van der Waals surface area contributed by atoms with Crippen LogP contribution in [0.25, 0.3) is 6.08 Å². The summed E-state index contributed by atoms with van der Waals surface area (Å²) >= 11 is 1.12. The topological polar surface area (TPSA) is 238 Å². The molecule has 0 spiro atoms. The van der Waals surface area contributed by atoms with Gasteiger partial charge in [-0.15, -0.1) is 10.2 Å². The van der Waals surface area contributed by atoms with E-state index in [9.17, 15) is 19.2 Å². The number of aliphatic imine (C=N–C) groups is 1. The van der Waals surface area contributed by atoms with E-state index in [-0.39, 0.29) is 34.2 Å². The number of anilines is 3. The Labute approximate surface area is 472 Å². The predicted octanol–water partition coefficient (Wildman–Crippen LogP) is 14.2. The summed E-state index contributed by atoms with van der Waals surface area (Å²) < 4.78 is 9.57. The van der Waals surface area contributed by atoms with Crippen molar-refractivity contribution in [3.63, 3.8) is 0 Å². The van der Waals surface area contributed by atoms with Crippen molar-refractivity contribution >= 4 is 80.4 Å². The number of fused-ring (bicyclic) bond motifs is 2. The van der Waals surface area contributed by atoms with Crippen LogP contribution in [0.1, 0.15) is 121 Å². The van der Waals surface area contributed by atoms with Crippen LogP contribution in [0.15, 0.2) is 142 Å². The number of carbonyl (C=O) groups is 4. The molecule has 8 rings (SSSR count). The van der Waals surface area contributed by atoms with E-state index < -0.39 is 12.0 Å². The summed E-state index contributed by atoms with van der Waals surface area (Å²) in [5.74, 6) is -0.261. The molecule has 3 amide bonds. The van der Waals surface area contributed by atoms with E-state index in [0.29, 0.717) is 57.1 Å². The van der Waals surface area contributed by atoms with Crippen LogP contribution in [0.2, 0.25) is 0 Å². The number of ether oxygens (including phenoxy) is 1. The molecule has 408 valence electrons. The predicted molar refractivity (Wildman–Crippen MR) is 316 cm³/mol. The molecule has 2 unspecified atom stereocenters. The number of aromatic nitrogens is 1. The van der Waals surface area contributed by atoms with Gasteiger partial charge in [0.05, 0.1) is 35.0 Å². The summed E-state index contributed by atoms with van der Waals surface area (Å²) in [6.45, 7) is 20.3. The zero-order valence-electron chi connectivity index (χ0n) is 46.8. The van der Waals surface area contributed by atoms with Crippen LogP contribution in [-0.2, 0) is 14.3 Å². The third-order valence-corrected chi connectivity index (χ3v) is 14.5. The third kappa shape index (κ3) is 15.2. The average molecular weight is 1090 g/mol. The van der Waals surface area contributed by atoms with Crippen molar-refractivity contribution in [2.24, 2.45) is 20.6 Å². The van der Waals surface area contributed by atoms with Gasteiger partial charge in [0.2, 0.25) is 5.91 Å². The van der Waals surface area contributed by atoms with Crippen molar-refractivity contribution in [3.05, 3.63) is 177 Å². The number of rotatable bonds is 13. The second kappa shape index (κ2) is 27.8. The van der Waals surface area contributed by atoms with Gasteiger partial charge in [0.1, 0.15) is 35.0 Å². The summed E-state index contributed by atoms with van der Waals surface area (Å²) in [5.41, 5.74) is 12.4. The Morgan fingerprint density at radius 3 is 2.17 bits per heavy atom. The van der Waals surface area contributed by atoms with Crippen molar-refractivity contribution in [3.8, 4) is 18.2 Å². The number of nitriles is 3. The molecular weight excluding hydrogens is 1020 g/mol. The molecule has 2 atom stereocenters. The number of carbonyl (C=O) groups excluding carboxylic acids is 4. The Kier molecular flexibility index (Phi) is 20.8. The Balaban J connectivity index is 0.000000198. The maximum absolute atomic E-state index is 12.6. The molecule has 2 aliphatic rings. The molecule has 0 fully saturated rings. The fourth-order valence-electron chi connectivity index (χ4n) is 9.72. The summed E-state index contributed by atoms with van der Waals surface area (Å²) in [7, 11) is 1.51. The van der Waals surface area contributed by atoms with E-state index in [1.54, 1.807) is 37.3 Å². The second-order valence-corrected chi connectivity index (χ2v) is 20.6. The molecule has 5 aromatic carbocycles. The third-order valence-electron chi connectivity index (χ3n) is 13.7. The number of para-hydroxylation sites is 1. The highest BCUT2D eigenvalue weighted by atomic mass is 32.1. The van der Waals surface area contributed by atoms with Gasteiger partial charge in [-0.2, -0.15) is 20.2 Å². The van der Waals surface area contributed by atoms with Gasteiger partial charge in [-0.05, 0) is 165 Å². The summed E-state index contributed by atoms with van der Waals surface area (Å²) in [5, 5.41) is 44.0. The lowest BCUT2D eigenvalue weighted by atomic mass is 9.61. The number of hydrogen-bond acceptors (Lipinski definition) is 14. The van der Waals surface area contributed by atoms with Crippen LogP contribution in [0.3, 0.4) is 0 Å². The number of allylic oxidation sites excluding steroid dienone is 2. The first-order valence-electron chi connectivity index (χ1n) is 26.2. The summed E-state index contributed by atoms with van der Waals surface area (Å²) in [6.07, 6.45) is 4.52. The van der Waals surface area contributed by atoms with Crippen molar-refractivity contribution < 1.29 is 23.9 Å². The molecule has 0 saturated carbocycles. The van der Waals surface area contributed by atoms with Gasteiger partial charge < -0.3 is 20.3 Å². The van der Waals surface area contributed by atoms with Gasteiger partial charge in [0.25, 0.3) is 5.91 Å². The maximum Gasteiger partial charge on any atom is 0.411 e. The molecule has 1 aromatic heterocycles. The molecule has 6 aromatic rings. The molecule has 17 heteroatoms. The largest absolute Gasteiger partial charge is 0.449 e. The minimum atomic E-state index is -0.449. The Hall–Kier alpha value is -9.37. The highest BCUT2D eigenvalue weighted by molar-refractivity contribution is 7.10. The standard InChI is InChI=1S/C27H29N3O2.C22H23N3O2.C14H13N5OS/c1-18-12-24-23(14-21(18)13-20(16-28)17-29)19(2)15-27(3,4)25(24)10-11-32-26(31)30-22-8-6-5-7-9-22;1-4-25(5-2)16-12-10-15(11-13-16)24-20-14-19(22(27)23-3)21(26)18-9-7-6-8-17(18)20;1-8-4-5-12(13(6-8)16-10(3)20)17-18-14-11(7-15)9(2)19-21-14/h5-9,12-14,19,25H,10-11,15H2,1-4H3,(H,30,31);6-14H,4-5H2,1-3H3,(H,23,27);4-6H,1-3H3,(H,16,20). The van der Waals surface area contributed by atoms with Crippen LogP contribution < -0.4 is 20.9 Å². The fourth-order valence-corrected chi connectivity index (χ4v) is 10.4. The molecule has 0 saturated heterocycles. The quantitative estimate of drug-likeness (QED) is 0.0561. The zero-order valence-corrected chi connectivity index (χ0v) is 47.6. The van der Waals surface area contributed by atoms with E-state index >= 15 is 0 Å². The lowest BCUT2D eigenvalue weighted by molar-refractivity contribution is -0.116. The fraction of sp³-hybridized carbons (Fsp3) is 0.286. The van der Waals surface area contributed by atoms with Gasteiger partial charge in [0.15, 0.2) is 10.8 Å². The number of ketones is 1. The number of likely N-dealkylation sites (N-methyl/N-ethyl adjacent to an activating group) is 1. The highest BCUT2D eigenvalue weighted by Gasteiger charge is 2.39. The normalized spacial score (nSPS) is 15.1. The van der Waals surface area contributed by atoms with E-state index in [1.165, 1.54) is 25.1 Å². The first-order valence-corrected chi connectivity index (χ1v) is 26.9. The number of benzene rings is 5. The number of azo groups is 1. The monoisotopic (exact) mass is 1090 g/mol. The van der Waals surface area contributed by atoms with Crippen LogP contribution in [0.5, 0.6) is 0 Å². The second-order valence-electron chi connectivity index (χ2n) is 19.8. The lowest BCUT2D eigenvalue weighted by Crippen LogP contribution is -2.31. The van der Waals surface area contributed by atoms with Crippen molar-refractivity contribution in [1.82, 2.24) is 9.69 Å². The maximum atomic E-state index is 12.6. The van der Waals surface area contributed by atoms with Gasteiger partial charge in [-0.1, -0.05) is 81.4 Å². The SMILES string of the molecule is CC(=O)Nc1cc(C)ccc1N=Nc1snc(C)c1C#N.CCN(CC)c1ccc(N=C2C=C(C(=O)NC)C(=O)c3ccccc32)cc1.Cc1cc2c(cc1C=C(C#N)C#N)C(C)CC(C)(C)C2CCOC(=O)Nc1ccccc1. The Morgan fingerprint density at radius 2 is 1.54 bits per heavy atom. The van der Waals surface area contributed by atoms with Crippen molar-refractivity contribution in [2.75, 3.05) is 42.3 Å². The Morgan fingerprint density at radius 1 is 0.863 bits per heavy atom. The Bertz CT molecular complexity index is 3500. The summed E-state index contributed by atoms with van der Waals surface area (Å²) in [4.78, 5) is 55.1. The molecule has 80 heavy (non-hydrogen) atoms.